The Morgan fingerprint density at radius 2 is 1.92 bits per heavy atom. The van der Waals surface area contributed by atoms with Crippen LogP contribution in [0.3, 0.4) is 0 Å². The molecule has 2 rings (SSSR count). The van der Waals surface area contributed by atoms with Gasteiger partial charge in [-0.15, -0.1) is 0 Å². The number of methoxy groups -OCH3 is 1. The van der Waals surface area contributed by atoms with Crippen LogP contribution in [-0.2, 0) is 4.74 Å². The maximum atomic E-state index is 12.7. The number of nitrogens with zero attached hydrogens (tertiary/aromatic N) is 2. The Hall–Kier alpha value is -2.25. The summed E-state index contributed by atoms with van der Waals surface area (Å²) in [7, 11) is 1.22. The first-order chi connectivity index (χ1) is 11.4. The second-order valence-corrected chi connectivity index (χ2v) is 5.11. The highest BCUT2D eigenvalue weighted by Crippen LogP contribution is 2.32. The van der Waals surface area contributed by atoms with Crippen molar-refractivity contribution in [1.29, 1.82) is 0 Å². The molecule has 0 N–H and O–H groups in total. The van der Waals surface area contributed by atoms with Gasteiger partial charge in [-0.25, -0.2) is 13.6 Å². The van der Waals surface area contributed by atoms with Crippen molar-refractivity contribution in [3.05, 3.63) is 33.9 Å². The molecule has 1 aromatic carbocycles. The van der Waals surface area contributed by atoms with E-state index in [-0.39, 0.29) is 24.1 Å². The van der Waals surface area contributed by atoms with Crippen LogP contribution in [0.2, 0.25) is 0 Å². The van der Waals surface area contributed by atoms with Gasteiger partial charge in [-0.2, -0.15) is 0 Å². The Bertz CT molecular complexity index is 573. The Kier molecular flexibility index (Phi) is 7.54. The van der Waals surface area contributed by atoms with Crippen molar-refractivity contribution in [3.63, 3.8) is 0 Å². The lowest BCUT2D eigenvalue weighted by Gasteiger charge is -2.33. The van der Waals surface area contributed by atoms with E-state index in [1.165, 1.54) is 25.3 Å². The van der Waals surface area contributed by atoms with Gasteiger partial charge in [0.05, 0.1) is 23.3 Å². The van der Waals surface area contributed by atoms with Gasteiger partial charge in [0.25, 0.3) is 5.69 Å². The number of halogens is 2. The number of carbonyl (C=O) groups is 1. The van der Waals surface area contributed by atoms with Gasteiger partial charge in [0.15, 0.2) is 0 Å². The molecular weight excluding hydrogens is 322 g/mol. The molecule has 6 nitrogen and oxygen atoms in total. The number of hydrogen-bond donors (Lipinski definition) is 0. The second kappa shape index (κ2) is 9.14. The molecule has 0 spiro atoms. The monoisotopic (exact) mass is 344 g/mol. The molecule has 1 fully saturated rings. The summed E-state index contributed by atoms with van der Waals surface area (Å²) in [5.41, 5.74) is 0.399. The molecule has 0 unspecified atom stereocenters. The van der Waals surface area contributed by atoms with E-state index >= 15 is 0 Å². The number of non-ortho nitro benzene ring substituents is 1. The molecule has 0 saturated carbocycles. The highest BCUT2D eigenvalue weighted by atomic mass is 19.3. The molecular formula is C16H22F2N2O4. The number of anilines is 1. The SMILES string of the molecule is CC.COC(=O)c1ccc([N+](=O)[O-])cc1N1CCC(C(F)F)CC1. The molecule has 1 heterocycles. The predicted octanol–water partition coefficient (Wildman–Crippen LogP) is 3.89. The molecule has 1 aliphatic heterocycles. The van der Waals surface area contributed by atoms with Crippen LogP contribution in [0.4, 0.5) is 20.2 Å². The summed E-state index contributed by atoms with van der Waals surface area (Å²) < 4.78 is 30.1. The number of alkyl halides is 2. The van der Waals surface area contributed by atoms with E-state index in [4.69, 9.17) is 0 Å². The van der Waals surface area contributed by atoms with E-state index in [1.807, 2.05) is 13.8 Å². The van der Waals surface area contributed by atoms with Crippen LogP contribution >= 0.6 is 0 Å². The number of piperidine rings is 1. The minimum absolute atomic E-state index is 0.154. The fraction of sp³-hybridized carbons (Fsp3) is 0.562. The van der Waals surface area contributed by atoms with Crippen LogP contribution in [0.25, 0.3) is 0 Å². The number of benzene rings is 1. The molecule has 24 heavy (non-hydrogen) atoms. The van der Waals surface area contributed by atoms with Crippen molar-refractivity contribution in [3.8, 4) is 0 Å². The Balaban J connectivity index is 0.00000139. The number of ether oxygens (including phenoxy) is 1. The Morgan fingerprint density at radius 3 is 2.38 bits per heavy atom. The fourth-order valence-electron chi connectivity index (χ4n) is 2.57. The molecule has 0 amide bonds. The Morgan fingerprint density at radius 1 is 1.33 bits per heavy atom. The van der Waals surface area contributed by atoms with Crippen molar-refractivity contribution in [1.82, 2.24) is 0 Å². The molecule has 0 atom stereocenters. The molecule has 1 aromatic rings. The third-order valence-electron chi connectivity index (χ3n) is 3.83. The molecule has 0 aliphatic carbocycles. The minimum atomic E-state index is -2.37. The maximum Gasteiger partial charge on any atom is 0.339 e. The highest BCUT2D eigenvalue weighted by Gasteiger charge is 2.29. The van der Waals surface area contributed by atoms with Gasteiger partial charge >= 0.3 is 5.97 Å². The summed E-state index contributed by atoms with van der Waals surface area (Å²) in [4.78, 5) is 23.9. The smallest absolute Gasteiger partial charge is 0.339 e. The number of nitro groups is 1. The molecule has 134 valence electrons. The topological polar surface area (TPSA) is 72.7 Å². The molecule has 0 bridgehead atoms. The fourth-order valence-corrected chi connectivity index (χ4v) is 2.57. The predicted molar refractivity (Wildman–Crippen MR) is 86.7 cm³/mol. The quantitative estimate of drug-likeness (QED) is 0.471. The van der Waals surface area contributed by atoms with Gasteiger partial charge in [0.1, 0.15) is 0 Å². The van der Waals surface area contributed by atoms with Crippen LogP contribution in [0.5, 0.6) is 0 Å². The first-order valence-electron chi connectivity index (χ1n) is 7.84. The van der Waals surface area contributed by atoms with E-state index in [0.717, 1.165) is 0 Å². The summed E-state index contributed by atoms with van der Waals surface area (Å²) in [6.45, 7) is 4.64. The third kappa shape index (κ3) is 4.62. The Labute approximate surface area is 139 Å². The summed E-state index contributed by atoms with van der Waals surface area (Å²) in [5, 5.41) is 10.9. The van der Waals surface area contributed by atoms with E-state index in [9.17, 15) is 23.7 Å². The summed E-state index contributed by atoms with van der Waals surface area (Å²) >= 11 is 0. The number of carbonyl (C=O) groups excluding carboxylic acids is 1. The number of rotatable bonds is 4. The first-order valence-corrected chi connectivity index (χ1v) is 7.84. The van der Waals surface area contributed by atoms with E-state index < -0.39 is 23.2 Å². The van der Waals surface area contributed by atoms with Crippen LogP contribution < -0.4 is 4.90 Å². The van der Waals surface area contributed by atoms with Crippen LogP contribution in [0, 0.1) is 16.0 Å². The lowest BCUT2D eigenvalue weighted by atomic mass is 9.96. The van der Waals surface area contributed by atoms with Gasteiger partial charge < -0.3 is 9.64 Å². The normalized spacial score (nSPS) is 14.8. The first kappa shape index (κ1) is 19.8. The number of nitro benzene ring substituents is 1. The minimum Gasteiger partial charge on any atom is -0.465 e. The zero-order chi connectivity index (χ0) is 18.3. The molecule has 0 aromatic heterocycles. The summed E-state index contributed by atoms with van der Waals surface area (Å²) in [6.07, 6.45) is -1.81. The molecule has 1 saturated heterocycles. The second-order valence-electron chi connectivity index (χ2n) is 5.11. The number of esters is 1. The molecule has 8 heteroatoms. The summed E-state index contributed by atoms with van der Waals surface area (Å²) in [5.74, 6) is -1.28. The number of hydrogen-bond acceptors (Lipinski definition) is 5. The standard InChI is InChI=1S/C14H16F2N2O4.C2H6/c1-22-14(19)11-3-2-10(18(20)21)8-12(11)17-6-4-9(5-7-17)13(15)16;1-2/h2-3,8-9,13H,4-7H2,1H3;1-2H3. The van der Waals surface area contributed by atoms with Crippen molar-refractivity contribution >= 4 is 17.3 Å². The zero-order valence-electron chi connectivity index (χ0n) is 14.0. The summed E-state index contributed by atoms with van der Waals surface area (Å²) in [6, 6.07) is 3.84. The maximum absolute atomic E-state index is 12.7. The van der Waals surface area contributed by atoms with E-state index in [2.05, 4.69) is 4.74 Å². The van der Waals surface area contributed by atoms with Gasteiger partial charge in [-0.1, -0.05) is 13.8 Å². The van der Waals surface area contributed by atoms with Crippen molar-refractivity contribution < 1.29 is 23.2 Å². The zero-order valence-corrected chi connectivity index (χ0v) is 14.0. The lowest BCUT2D eigenvalue weighted by molar-refractivity contribution is -0.384. The highest BCUT2D eigenvalue weighted by molar-refractivity contribution is 5.96. The lowest BCUT2D eigenvalue weighted by Crippen LogP contribution is -2.36. The largest absolute Gasteiger partial charge is 0.465 e. The van der Waals surface area contributed by atoms with Crippen molar-refractivity contribution in [2.24, 2.45) is 5.92 Å². The van der Waals surface area contributed by atoms with Crippen LogP contribution in [-0.4, -0.2) is 37.5 Å². The van der Waals surface area contributed by atoms with Crippen LogP contribution in [0.1, 0.15) is 37.0 Å². The van der Waals surface area contributed by atoms with Crippen molar-refractivity contribution in [2.75, 3.05) is 25.1 Å². The molecule has 1 aliphatic rings. The third-order valence-corrected chi connectivity index (χ3v) is 3.83. The van der Waals surface area contributed by atoms with E-state index in [1.54, 1.807) is 4.90 Å². The van der Waals surface area contributed by atoms with Crippen molar-refractivity contribution in [2.45, 2.75) is 33.1 Å². The van der Waals surface area contributed by atoms with Gasteiger partial charge in [-0.05, 0) is 18.9 Å². The van der Waals surface area contributed by atoms with Crippen LogP contribution in [0.15, 0.2) is 18.2 Å². The molecule has 0 radical (unpaired) electrons. The average Bonchev–Trinajstić information content (AvgIpc) is 2.62. The van der Waals surface area contributed by atoms with Gasteiger partial charge in [0.2, 0.25) is 6.43 Å². The van der Waals surface area contributed by atoms with Gasteiger partial charge in [0, 0.05) is 31.1 Å². The van der Waals surface area contributed by atoms with E-state index in [0.29, 0.717) is 18.8 Å². The average molecular weight is 344 g/mol. The van der Waals surface area contributed by atoms with Gasteiger partial charge in [-0.3, -0.25) is 10.1 Å².